The zero-order chi connectivity index (χ0) is 19.9. The van der Waals surface area contributed by atoms with Crippen LogP contribution in [0.4, 0.5) is 14.9 Å². The van der Waals surface area contributed by atoms with Gasteiger partial charge in [0.25, 0.3) is 11.1 Å². The van der Waals surface area contributed by atoms with Crippen LogP contribution in [-0.2, 0) is 4.79 Å². The molecule has 0 aromatic heterocycles. The van der Waals surface area contributed by atoms with Crippen LogP contribution in [0, 0.1) is 5.82 Å². The van der Waals surface area contributed by atoms with E-state index < -0.39 is 0 Å². The number of hydrogen-bond donors (Lipinski definition) is 0. The lowest BCUT2D eigenvalue weighted by molar-refractivity contribution is -0.122. The number of thioether (sulfide) groups is 1. The fourth-order valence-corrected chi connectivity index (χ4v) is 4.72. The van der Waals surface area contributed by atoms with Crippen LogP contribution in [-0.4, -0.2) is 34.7 Å². The topological polar surface area (TPSA) is 40.6 Å². The lowest BCUT2D eigenvalue weighted by Crippen LogP contribution is -2.45. The molecule has 0 unspecified atom stereocenters. The zero-order valence-corrected chi connectivity index (χ0v) is 17.2. The molecule has 0 N–H and O–H groups in total. The second-order valence-electron chi connectivity index (χ2n) is 7.45. The number of hydrogen-bond acceptors (Lipinski definition) is 4. The van der Waals surface area contributed by atoms with Crippen LogP contribution in [0.15, 0.2) is 23.1 Å². The number of imide groups is 1. The van der Waals surface area contributed by atoms with E-state index in [1.54, 1.807) is 12.1 Å². The third-order valence-electron chi connectivity index (χ3n) is 5.02. The van der Waals surface area contributed by atoms with Crippen molar-refractivity contribution in [3.8, 4) is 0 Å². The Morgan fingerprint density at radius 2 is 1.93 bits per heavy atom. The summed E-state index contributed by atoms with van der Waals surface area (Å²) in [4.78, 5) is 28.1. The number of amides is 2. The third kappa shape index (κ3) is 3.43. The SMILES string of the molecule is CCCN1C(=O)S/C(=C/c2cc3c(cc2F)N(CC)C(C)(C)C=C3C)C1=O. The van der Waals surface area contributed by atoms with Crippen molar-refractivity contribution in [3.05, 3.63) is 40.1 Å². The first kappa shape index (κ1) is 19.7. The number of nitrogens with zero attached hydrogens (tertiary/aromatic N) is 2. The highest BCUT2D eigenvalue weighted by molar-refractivity contribution is 8.18. The van der Waals surface area contributed by atoms with Crippen molar-refractivity contribution in [1.82, 2.24) is 4.90 Å². The Labute approximate surface area is 164 Å². The summed E-state index contributed by atoms with van der Waals surface area (Å²) in [5, 5.41) is -0.290. The molecule has 0 saturated carbocycles. The summed E-state index contributed by atoms with van der Waals surface area (Å²) in [7, 11) is 0. The van der Waals surface area contributed by atoms with E-state index in [0.717, 1.165) is 35.1 Å². The molecule has 2 aliphatic heterocycles. The quantitative estimate of drug-likeness (QED) is 0.657. The molecule has 1 aromatic carbocycles. The highest BCUT2D eigenvalue weighted by atomic mass is 32.2. The van der Waals surface area contributed by atoms with E-state index in [0.29, 0.717) is 18.5 Å². The second-order valence-corrected chi connectivity index (χ2v) is 8.44. The molecule has 0 atom stereocenters. The van der Waals surface area contributed by atoms with Gasteiger partial charge in [-0.2, -0.15) is 0 Å². The molecule has 6 heteroatoms. The van der Waals surface area contributed by atoms with Gasteiger partial charge in [0.15, 0.2) is 0 Å². The zero-order valence-electron chi connectivity index (χ0n) is 16.4. The van der Waals surface area contributed by atoms with Crippen molar-refractivity contribution in [2.24, 2.45) is 0 Å². The molecule has 1 saturated heterocycles. The van der Waals surface area contributed by atoms with Gasteiger partial charge in [0.1, 0.15) is 5.82 Å². The van der Waals surface area contributed by atoms with Gasteiger partial charge < -0.3 is 4.90 Å². The summed E-state index contributed by atoms with van der Waals surface area (Å²) in [6, 6.07) is 3.32. The Hall–Kier alpha value is -2.08. The maximum absolute atomic E-state index is 14.9. The summed E-state index contributed by atoms with van der Waals surface area (Å²) < 4.78 is 14.9. The van der Waals surface area contributed by atoms with Crippen LogP contribution in [0.25, 0.3) is 11.6 Å². The maximum atomic E-state index is 14.9. The normalized spacial score (nSPS) is 20.4. The molecule has 4 nitrogen and oxygen atoms in total. The van der Waals surface area contributed by atoms with E-state index in [4.69, 9.17) is 0 Å². The molecule has 0 bridgehead atoms. The average Bonchev–Trinajstić information content (AvgIpc) is 2.84. The van der Waals surface area contributed by atoms with Crippen molar-refractivity contribution in [3.63, 3.8) is 0 Å². The first-order chi connectivity index (χ1) is 12.7. The van der Waals surface area contributed by atoms with Crippen LogP contribution < -0.4 is 4.90 Å². The number of carbonyl (C=O) groups is 2. The summed E-state index contributed by atoms with van der Waals surface area (Å²) >= 11 is 0.875. The Morgan fingerprint density at radius 3 is 2.56 bits per heavy atom. The summed E-state index contributed by atoms with van der Waals surface area (Å²) in [5.74, 6) is -0.729. The van der Waals surface area contributed by atoms with E-state index in [1.165, 1.54) is 11.0 Å². The number of benzene rings is 1. The monoisotopic (exact) mass is 388 g/mol. The number of anilines is 1. The van der Waals surface area contributed by atoms with Crippen molar-refractivity contribution >= 4 is 40.2 Å². The van der Waals surface area contributed by atoms with Gasteiger partial charge in [-0.3, -0.25) is 14.5 Å². The van der Waals surface area contributed by atoms with Gasteiger partial charge in [-0.15, -0.1) is 0 Å². The molecule has 2 amide bonds. The molecule has 3 rings (SSSR count). The van der Waals surface area contributed by atoms with Gasteiger partial charge in [0, 0.05) is 29.9 Å². The molecule has 0 radical (unpaired) electrons. The predicted molar refractivity (Wildman–Crippen MR) is 110 cm³/mol. The number of rotatable bonds is 4. The summed E-state index contributed by atoms with van der Waals surface area (Å²) in [5.41, 5.74) is 3.03. The molecule has 0 aliphatic carbocycles. The number of halogens is 1. The van der Waals surface area contributed by atoms with Crippen LogP contribution in [0.3, 0.4) is 0 Å². The van der Waals surface area contributed by atoms with Crippen LogP contribution >= 0.6 is 11.8 Å². The molecular formula is C21H25FN2O2S. The fraction of sp³-hybridized carbons (Fsp3) is 0.429. The molecule has 144 valence electrons. The van der Waals surface area contributed by atoms with Gasteiger partial charge in [-0.1, -0.05) is 13.0 Å². The summed E-state index contributed by atoms with van der Waals surface area (Å²) in [6.07, 6.45) is 4.38. The average molecular weight is 389 g/mol. The smallest absolute Gasteiger partial charge is 0.293 e. The largest absolute Gasteiger partial charge is 0.363 e. The van der Waals surface area contributed by atoms with Crippen molar-refractivity contribution < 1.29 is 14.0 Å². The molecule has 2 aliphatic rings. The fourth-order valence-electron chi connectivity index (χ4n) is 3.86. The number of allylic oxidation sites excluding steroid dienone is 1. The first-order valence-corrected chi connectivity index (χ1v) is 10.1. The Morgan fingerprint density at radius 1 is 1.22 bits per heavy atom. The van der Waals surface area contributed by atoms with E-state index in [1.807, 2.05) is 13.8 Å². The van der Waals surface area contributed by atoms with Gasteiger partial charge in [-0.25, -0.2) is 4.39 Å². The number of likely N-dealkylation sites (N-methyl/N-ethyl adjacent to an activating group) is 1. The van der Waals surface area contributed by atoms with Crippen molar-refractivity contribution in [1.29, 1.82) is 0 Å². The third-order valence-corrected chi connectivity index (χ3v) is 5.93. The Kier molecular flexibility index (Phi) is 5.21. The lowest BCUT2D eigenvalue weighted by Gasteiger charge is -2.42. The minimum absolute atomic E-state index is 0.192. The van der Waals surface area contributed by atoms with E-state index >= 15 is 0 Å². The van der Waals surface area contributed by atoms with Crippen molar-refractivity contribution in [2.45, 2.75) is 46.6 Å². The van der Waals surface area contributed by atoms with Gasteiger partial charge >= 0.3 is 0 Å². The number of carbonyl (C=O) groups excluding carboxylic acids is 2. The molecule has 27 heavy (non-hydrogen) atoms. The predicted octanol–water partition coefficient (Wildman–Crippen LogP) is 5.29. The van der Waals surface area contributed by atoms with Crippen LogP contribution in [0.2, 0.25) is 0 Å². The van der Waals surface area contributed by atoms with E-state index in [9.17, 15) is 14.0 Å². The number of fused-ring (bicyclic) bond motifs is 1. The molecular weight excluding hydrogens is 363 g/mol. The van der Waals surface area contributed by atoms with Gasteiger partial charge in [0.05, 0.1) is 10.4 Å². The maximum Gasteiger partial charge on any atom is 0.293 e. The molecule has 1 aromatic rings. The molecule has 2 heterocycles. The lowest BCUT2D eigenvalue weighted by atomic mass is 9.88. The highest BCUT2D eigenvalue weighted by Crippen LogP contribution is 2.41. The Balaban J connectivity index is 2.04. The van der Waals surface area contributed by atoms with E-state index in [2.05, 4.69) is 31.7 Å². The Bertz CT molecular complexity index is 873. The minimum atomic E-state index is -0.389. The molecule has 0 spiro atoms. The standard InChI is InChI=1S/C21H25FN2O2S/c1-6-8-23-19(25)18(27-20(23)26)10-14-9-15-13(3)12-21(4,5)24(7-2)17(15)11-16(14)22/h9-12H,6-8H2,1-5H3/b18-10+. The first-order valence-electron chi connectivity index (χ1n) is 9.26. The van der Waals surface area contributed by atoms with Crippen LogP contribution in [0.5, 0.6) is 0 Å². The molecule has 1 fully saturated rings. The van der Waals surface area contributed by atoms with Gasteiger partial charge in [0.2, 0.25) is 0 Å². The minimum Gasteiger partial charge on any atom is -0.363 e. The summed E-state index contributed by atoms with van der Waals surface area (Å²) in [6.45, 7) is 11.3. The van der Waals surface area contributed by atoms with Crippen LogP contribution in [0.1, 0.15) is 52.2 Å². The second kappa shape index (κ2) is 7.15. The van der Waals surface area contributed by atoms with Gasteiger partial charge in [-0.05, 0) is 69.7 Å². The van der Waals surface area contributed by atoms with Crippen molar-refractivity contribution in [2.75, 3.05) is 18.0 Å². The highest BCUT2D eigenvalue weighted by Gasteiger charge is 2.35. The van der Waals surface area contributed by atoms with E-state index in [-0.39, 0.29) is 27.4 Å².